The smallest absolute Gasteiger partial charge is 0.354 e. The van der Waals surface area contributed by atoms with E-state index in [-0.39, 0.29) is 16.8 Å². The van der Waals surface area contributed by atoms with Crippen LogP contribution in [0.3, 0.4) is 0 Å². The maximum Gasteiger partial charge on any atom is 0.482 e. The summed E-state index contributed by atoms with van der Waals surface area (Å²) in [6, 6.07) is 1.69. The molecule has 0 heterocycles. The van der Waals surface area contributed by atoms with E-state index in [4.69, 9.17) is 23.2 Å². The molecule has 150 valence electrons. The standard InChI is InChI=1S/C13H7Cl2F3N4O6/c14-7-4-11(20(23)24)8(15)3-10(7)19-9-1-2-12(21(25)26,22(27)28)5-6(9)13(16,17)18/h1,3-5,19H,2H2. The van der Waals surface area contributed by atoms with Gasteiger partial charge < -0.3 is 5.32 Å². The zero-order valence-electron chi connectivity index (χ0n) is 13.2. The summed E-state index contributed by atoms with van der Waals surface area (Å²) in [6.07, 6.45) is -5.64. The number of anilines is 1. The van der Waals surface area contributed by atoms with Gasteiger partial charge in [0.15, 0.2) is 0 Å². The van der Waals surface area contributed by atoms with E-state index in [2.05, 4.69) is 5.32 Å². The predicted molar refractivity (Wildman–Crippen MR) is 90.3 cm³/mol. The van der Waals surface area contributed by atoms with Gasteiger partial charge in [-0.15, -0.1) is 0 Å². The lowest BCUT2D eigenvalue weighted by Crippen LogP contribution is -2.46. The molecule has 10 nitrogen and oxygen atoms in total. The lowest BCUT2D eigenvalue weighted by atomic mass is 9.94. The maximum absolute atomic E-state index is 13.4. The second-order valence-corrected chi connectivity index (χ2v) is 6.25. The van der Waals surface area contributed by atoms with Gasteiger partial charge in [-0.05, 0) is 12.1 Å². The van der Waals surface area contributed by atoms with Crippen molar-refractivity contribution in [3.8, 4) is 0 Å². The van der Waals surface area contributed by atoms with Gasteiger partial charge in [-0.2, -0.15) is 13.2 Å². The first kappa shape index (κ1) is 21.4. The molecule has 1 aromatic carbocycles. The summed E-state index contributed by atoms with van der Waals surface area (Å²) in [5.41, 5.74) is -6.47. The van der Waals surface area contributed by atoms with E-state index in [1.54, 1.807) is 0 Å². The summed E-state index contributed by atoms with van der Waals surface area (Å²) in [5, 5.41) is 34.3. The van der Waals surface area contributed by atoms with Crippen LogP contribution in [0.5, 0.6) is 0 Å². The quantitative estimate of drug-likeness (QED) is 0.405. The first-order valence-electron chi connectivity index (χ1n) is 6.99. The van der Waals surface area contributed by atoms with Crippen molar-refractivity contribution in [2.75, 3.05) is 5.32 Å². The van der Waals surface area contributed by atoms with Gasteiger partial charge >= 0.3 is 11.8 Å². The Bertz CT molecular complexity index is 933. The molecule has 1 N–H and O–H groups in total. The summed E-state index contributed by atoms with van der Waals surface area (Å²) < 4.78 is 40.1. The molecule has 0 bridgehead atoms. The van der Waals surface area contributed by atoms with Crippen LogP contribution < -0.4 is 5.32 Å². The first-order valence-corrected chi connectivity index (χ1v) is 7.75. The summed E-state index contributed by atoms with van der Waals surface area (Å²) in [4.78, 5) is 29.2. The van der Waals surface area contributed by atoms with Crippen LogP contribution in [0.15, 0.2) is 35.6 Å². The SMILES string of the molecule is O=[N+]([O-])c1cc(Cl)c(NC2=CCC([N+](=O)[O-])([N+](=O)[O-])C=C2C(F)(F)F)cc1Cl. The molecule has 1 aliphatic rings. The van der Waals surface area contributed by atoms with Crippen molar-refractivity contribution in [2.45, 2.75) is 18.3 Å². The highest BCUT2D eigenvalue weighted by atomic mass is 35.5. The Morgan fingerprint density at radius 3 is 2.07 bits per heavy atom. The molecule has 0 amide bonds. The first-order chi connectivity index (χ1) is 12.8. The topological polar surface area (TPSA) is 141 Å². The molecule has 0 atom stereocenters. The normalized spacial score (nSPS) is 16.0. The number of hydrogen-bond donors (Lipinski definition) is 1. The monoisotopic (exact) mass is 442 g/mol. The number of benzene rings is 1. The van der Waals surface area contributed by atoms with Gasteiger partial charge in [0.1, 0.15) is 21.3 Å². The number of alkyl halides is 3. The molecule has 0 radical (unpaired) electrons. The average Bonchev–Trinajstić information content (AvgIpc) is 2.56. The fourth-order valence-corrected chi connectivity index (χ4v) is 2.76. The van der Waals surface area contributed by atoms with Crippen LogP contribution >= 0.6 is 23.2 Å². The lowest BCUT2D eigenvalue weighted by molar-refractivity contribution is -0.780. The molecule has 0 unspecified atom stereocenters. The van der Waals surface area contributed by atoms with Crippen molar-refractivity contribution in [1.82, 2.24) is 0 Å². The number of halogens is 5. The second kappa shape index (κ2) is 7.24. The molecule has 0 aromatic heterocycles. The Balaban J connectivity index is 2.53. The van der Waals surface area contributed by atoms with Crippen LogP contribution in [0, 0.1) is 30.3 Å². The zero-order chi connectivity index (χ0) is 21.4. The number of nitrogens with zero attached hydrogens (tertiary/aromatic N) is 3. The Morgan fingerprint density at radius 2 is 1.61 bits per heavy atom. The predicted octanol–water partition coefficient (Wildman–Crippen LogP) is 4.34. The van der Waals surface area contributed by atoms with Crippen molar-refractivity contribution in [3.63, 3.8) is 0 Å². The van der Waals surface area contributed by atoms with Gasteiger partial charge in [0.05, 0.1) is 27.3 Å². The van der Waals surface area contributed by atoms with E-state index in [9.17, 15) is 43.5 Å². The summed E-state index contributed by atoms with van der Waals surface area (Å²) in [7, 11) is 0. The minimum absolute atomic E-state index is 0.101. The fraction of sp³-hybridized carbons (Fsp3) is 0.231. The third-order valence-electron chi connectivity index (χ3n) is 3.71. The van der Waals surface area contributed by atoms with Crippen molar-refractivity contribution in [3.05, 3.63) is 75.9 Å². The zero-order valence-corrected chi connectivity index (χ0v) is 14.7. The molecule has 1 aliphatic carbocycles. The maximum atomic E-state index is 13.4. The summed E-state index contributed by atoms with van der Waals surface area (Å²) in [6.45, 7) is 0. The molecule has 0 saturated carbocycles. The van der Waals surface area contributed by atoms with Crippen molar-refractivity contribution < 1.29 is 27.9 Å². The van der Waals surface area contributed by atoms with Crippen LogP contribution in [-0.4, -0.2) is 26.6 Å². The largest absolute Gasteiger partial charge is 0.482 e. The fourth-order valence-electron chi connectivity index (χ4n) is 2.32. The van der Waals surface area contributed by atoms with Crippen molar-refractivity contribution in [2.24, 2.45) is 0 Å². The van der Waals surface area contributed by atoms with Crippen molar-refractivity contribution in [1.29, 1.82) is 0 Å². The van der Waals surface area contributed by atoms with Crippen LogP contribution in [0.2, 0.25) is 10.0 Å². The molecule has 15 heteroatoms. The van der Waals surface area contributed by atoms with Gasteiger partial charge in [0.2, 0.25) is 0 Å². The highest BCUT2D eigenvalue weighted by Crippen LogP contribution is 2.41. The Kier molecular flexibility index (Phi) is 5.52. The van der Waals surface area contributed by atoms with Crippen LogP contribution in [0.1, 0.15) is 6.42 Å². The molecule has 0 aliphatic heterocycles. The minimum atomic E-state index is -5.19. The average molecular weight is 443 g/mol. The molecule has 28 heavy (non-hydrogen) atoms. The van der Waals surface area contributed by atoms with E-state index in [0.29, 0.717) is 6.08 Å². The number of rotatable bonds is 5. The van der Waals surface area contributed by atoms with E-state index in [1.165, 1.54) is 0 Å². The lowest BCUT2D eigenvalue weighted by Gasteiger charge is -2.24. The van der Waals surface area contributed by atoms with Gasteiger partial charge in [-0.1, -0.05) is 23.2 Å². The highest BCUT2D eigenvalue weighted by Gasteiger charge is 2.58. The van der Waals surface area contributed by atoms with Gasteiger partial charge in [-0.25, -0.2) is 0 Å². The number of allylic oxidation sites excluding steroid dienone is 1. The number of nitro benzene ring substituents is 1. The van der Waals surface area contributed by atoms with Gasteiger partial charge in [0.25, 0.3) is 5.69 Å². The Labute approximate surface area is 162 Å². The minimum Gasteiger partial charge on any atom is -0.354 e. The van der Waals surface area contributed by atoms with Crippen molar-refractivity contribution >= 4 is 34.6 Å². The van der Waals surface area contributed by atoms with Crippen LogP contribution in [-0.2, 0) is 0 Å². The molecular weight excluding hydrogens is 436 g/mol. The van der Waals surface area contributed by atoms with E-state index >= 15 is 0 Å². The summed E-state index contributed by atoms with van der Waals surface area (Å²) in [5.74, 6) is 0. The van der Waals surface area contributed by atoms with Crippen LogP contribution in [0.4, 0.5) is 24.5 Å². The van der Waals surface area contributed by atoms with E-state index < -0.39 is 55.0 Å². The summed E-state index contributed by atoms with van der Waals surface area (Å²) >= 11 is 11.5. The number of nitro groups is 3. The molecule has 1 aromatic rings. The second-order valence-electron chi connectivity index (χ2n) is 5.44. The Morgan fingerprint density at radius 1 is 1.04 bits per heavy atom. The molecule has 0 fully saturated rings. The molecule has 2 rings (SSSR count). The van der Waals surface area contributed by atoms with Gasteiger partial charge in [-0.3, -0.25) is 30.3 Å². The molecular formula is C13H7Cl2F3N4O6. The van der Waals surface area contributed by atoms with E-state index in [0.717, 1.165) is 12.1 Å². The van der Waals surface area contributed by atoms with E-state index in [1.807, 2.05) is 0 Å². The third-order valence-corrected chi connectivity index (χ3v) is 4.33. The highest BCUT2D eigenvalue weighted by molar-refractivity contribution is 6.36. The third kappa shape index (κ3) is 3.84. The van der Waals surface area contributed by atoms with Crippen LogP contribution in [0.25, 0.3) is 0 Å². The number of nitrogens with one attached hydrogen (secondary N) is 1. The molecule has 0 saturated heterocycles. The van der Waals surface area contributed by atoms with Gasteiger partial charge in [0, 0.05) is 11.8 Å². The Hall–Kier alpha value is -2.93. The molecule has 0 spiro atoms. The number of hydrogen-bond acceptors (Lipinski definition) is 7.